The third-order valence-electron chi connectivity index (χ3n) is 6.20. The minimum Gasteiger partial charge on any atom is -0.457 e. The van der Waals surface area contributed by atoms with Gasteiger partial charge in [-0.15, -0.1) is 0 Å². The first-order chi connectivity index (χ1) is 21.2. The molecule has 0 aliphatic heterocycles. The van der Waals surface area contributed by atoms with Crippen LogP contribution in [0.2, 0.25) is 0 Å². The quantitative estimate of drug-likeness (QED) is 0.124. The van der Waals surface area contributed by atoms with E-state index in [2.05, 4.69) is 10.6 Å². The summed E-state index contributed by atoms with van der Waals surface area (Å²) in [6, 6.07) is 30.8. The van der Waals surface area contributed by atoms with Crippen LogP contribution < -0.4 is 20.1 Å². The highest BCUT2D eigenvalue weighted by molar-refractivity contribution is 6.05. The smallest absolute Gasteiger partial charge is 0.269 e. The van der Waals surface area contributed by atoms with Crippen LogP contribution in [0.5, 0.6) is 23.0 Å². The molecule has 0 atom stereocenters. The van der Waals surface area contributed by atoms with Gasteiger partial charge in [0, 0.05) is 46.8 Å². The molecule has 5 aromatic carbocycles. The second kappa shape index (κ2) is 13.0. The number of carbonyl (C=O) groups is 2. The lowest BCUT2D eigenvalue weighted by Crippen LogP contribution is -2.13. The van der Waals surface area contributed by atoms with Gasteiger partial charge in [0.1, 0.15) is 23.0 Å². The van der Waals surface area contributed by atoms with Gasteiger partial charge in [-0.25, -0.2) is 0 Å². The number of non-ortho nitro benzene ring substituents is 2. The summed E-state index contributed by atoms with van der Waals surface area (Å²) in [5.41, 5.74) is 1.73. The molecule has 0 aliphatic rings. The number of amides is 2. The summed E-state index contributed by atoms with van der Waals surface area (Å²) < 4.78 is 11.3. The second-order valence-electron chi connectivity index (χ2n) is 9.24. The van der Waals surface area contributed by atoms with Crippen molar-refractivity contribution in [3.05, 3.63) is 153 Å². The molecule has 5 aromatic rings. The van der Waals surface area contributed by atoms with Gasteiger partial charge in [-0.2, -0.15) is 0 Å². The lowest BCUT2D eigenvalue weighted by molar-refractivity contribution is -0.385. The lowest BCUT2D eigenvalue weighted by atomic mass is 10.2. The van der Waals surface area contributed by atoms with Crippen LogP contribution in [0.4, 0.5) is 22.7 Å². The fourth-order valence-corrected chi connectivity index (χ4v) is 3.94. The van der Waals surface area contributed by atoms with Crippen LogP contribution in [0.15, 0.2) is 121 Å². The predicted octanol–water partition coefficient (Wildman–Crippen LogP) is 7.59. The van der Waals surface area contributed by atoms with Crippen molar-refractivity contribution in [2.45, 2.75) is 0 Å². The van der Waals surface area contributed by atoms with E-state index < -0.39 is 9.85 Å². The van der Waals surface area contributed by atoms with Crippen LogP contribution in [-0.4, -0.2) is 21.7 Å². The Hall–Kier alpha value is -6.56. The highest BCUT2D eigenvalue weighted by Gasteiger charge is 2.11. The zero-order chi connectivity index (χ0) is 31.1. The lowest BCUT2D eigenvalue weighted by Gasteiger charge is -2.10. The summed E-state index contributed by atoms with van der Waals surface area (Å²) in [6.07, 6.45) is 0. The Kier molecular flexibility index (Phi) is 8.52. The number of ether oxygens (including phenoxy) is 2. The molecular formula is C32H22N4O8. The normalized spacial score (nSPS) is 10.4. The summed E-state index contributed by atoms with van der Waals surface area (Å²) in [6.45, 7) is 0. The van der Waals surface area contributed by atoms with Gasteiger partial charge < -0.3 is 20.1 Å². The fourth-order valence-electron chi connectivity index (χ4n) is 3.94. The SMILES string of the molecule is O=C(Nc1ccc(NC(=O)c2ccc(Oc3ccc([N+](=O)[O-])cc3)cc2)cc1)c1ccc(Oc2ccc([N+](=O)[O-])cc2)cc1. The Morgan fingerprint density at radius 2 is 0.727 bits per heavy atom. The molecule has 0 bridgehead atoms. The van der Waals surface area contributed by atoms with Crippen molar-refractivity contribution in [2.75, 3.05) is 10.6 Å². The van der Waals surface area contributed by atoms with Crippen LogP contribution in [0, 0.1) is 20.2 Å². The van der Waals surface area contributed by atoms with Crippen LogP contribution in [0.3, 0.4) is 0 Å². The van der Waals surface area contributed by atoms with E-state index in [4.69, 9.17) is 9.47 Å². The Morgan fingerprint density at radius 1 is 0.455 bits per heavy atom. The topological polar surface area (TPSA) is 163 Å². The molecule has 0 fully saturated rings. The minimum atomic E-state index is -0.494. The monoisotopic (exact) mass is 590 g/mol. The van der Waals surface area contributed by atoms with Crippen molar-refractivity contribution in [2.24, 2.45) is 0 Å². The minimum absolute atomic E-state index is 0.0416. The van der Waals surface area contributed by atoms with E-state index in [-0.39, 0.29) is 23.2 Å². The van der Waals surface area contributed by atoms with Crippen molar-refractivity contribution >= 4 is 34.6 Å². The van der Waals surface area contributed by atoms with Gasteiger partial charge in [0.25, 0.3) is 23.2 Å². The van der Waals surface area contributed by atoms with Gasteiger partial charge in [0.2, 0.25) is 0 Å². The molecule has 2 N–H and O–H groups in total. The molecule has 5 rings (SSSR count). The first kappa shape index (κ1) is 29.0. The highest BCUT2D eigenvalue weighted by atomic mass is 16.6. The van der Waals surface area contributed by atoms with Gasteiger partial charge in [0.05, 0.1) is 9.85 Å². The number of anilines is 2. The molecule has 0 saturated carbocycles. The average Bonchev–Trinajstić information content (AvgIpc) is 3.03. The number of hydrogen-bond acceptors (Lipinski definition) is 8. The molecule has 218 valence electrons. The number of nitro groups is 2. The molecule has 0 radical (unpaired) electrons. The van der Waals surface area contributed by atoms with Crippen LogP contribution in [0.1, 0.15) is 20.7 Å². The number of carbonyl (C=O) groups excluding carboxylic acids is 2. The third-order valence-corrected chi connectivity index (χ3v) is 6.20. The Labute approximate surface area is 249 Å². The molecule has 0 aromatic heterocycles. The number of hydrogen-bond donors (Lipinski definition) is 2. The molecule has 0 spiro atoms. The van der Waals surface area contributed by atoms with Crippen molar-refractivity contribution in [1.82, 2.24) is 0 Å². The van der Waals surface area contributed by atoms with Crippen molar-refractivity contribution in [3.63, 3.8) is 0 Å². The van der Waals surface area contributed by atoms with E-state index in [0.717, 1.165) is 0 Å². The molecule has 12 heteroatoms. The molecule has 12 nitrogen and oxygen atoms in total. The molecule has 0 saturated heterocycles. The predicted molar refractivity (Wildman–Crippen MR) is 162 cm³/mol. The summed E-state index contributed by atoms with van der Waals surface area (Å²) in [5.74, 6) is 1.07. The summed E-state index contributed by atoms with van der Waals surface area (Å²) in [5, 5.41) is 27.1. The average molecular weight is 591 g/mol. The molecule has 0 aliphatic carbocycles. The van der Waals surface area contributed by atoms with Crippen molar-refractivity contribution in [3.8, 4) is 23.0 Å². The van der Waals surface area contributed by atoms with E-state index in [1.54, 1.807) is 72.8 Å². The number of benzene rings is 5. The molecule has 0 unspecified atom stereocenters. The summed E-state index contributed by atoms with van der Waals surface area (Å²) in [4.78, 5) is 46.0. The standard InChI is InChI=1S/C32H22N4O8/c37-31(21-1-13-27(14-2-21)43-29-17-9-25(10-18-29)35(39)40)33-23-5-7-24(8-6-23)34-32(38)22-3-15-28(16-4-22)44-30-19-11-26(12-20-30)36(41)42/h1-20H,(H,33,37)(H,34,38). The Balaban J connectivity index is 1.12. The third kappa shape index (κ3) is 7.39. The van der Waals surface area contributed by atoms with Crippen molar-refractivity contribution in [1.29, 1.82) is 0 Å². The van der Waals surface area contributed by atoms with E-state index >= 15 is 0 Å². The fraction of sp³-hybridized carbons (Fsp3) is 0. The molecule has 44 heavy (non-hydrogen) atoms. The van der Waals surface area contributed by atoms with Gasteiger partial charge >= 0.3 is 0 Å². The van der Waals surface area contributed by atoms with Gasteiger partial charge in [-0.1, -0.05) is 0 Å². The zero-order valence-corrected chi connectivity index (χ0v) is 22.7. The maximum absolute atomic E-state index is 12.7. The van der Waals surface area contributed by atoms with Crippen LogP contribution >= 0.6 is 0 Å². The van der Waals surface area contributed by atoms with E-state index in [1.165, 1.54) is 48.5 Å². The Bertz CT molecular complexity index is 1670. The van der Waals surface area contributed by atoms with E-state index in [1.807, 2.05) is 0 Å². The van der Waals surface area contributed by atoms with Crippen LogP contribution in [0.25, 0.3) is 0 Å². The summed E-state index contributed by atoms with van der Waals surface area (Å²) in [7, 11) is 0. The Morgan fingerprint density at radius 3 is 1.00 bits per heavy atom. The van der Waals surface area contributed by atoms with Gasteiger partial charge in [-0.05, 0) is 97.1 Å². The number of nitrogens with zero attached hydrogens (tertiary/aromatic N) is 2. The highest BCUT2D eigenvalue weighted by Crippen LogP contribution is 2.26. The maximum atomic E-state index is 12.7. The second-order valence-corrected chi connectivity index (χ2v) is 9.24. The van der Waals surface area contributed by atoms with E-state index in [9.17, 15) is 29.8 Å². The summed E-state index contributed by atoms with van der Waals surface area (Å²) >= 11 is 0. The number of nitrogens with one attached hydrogen (secondary N) is 2. The molecule has 0 heterocycles. The number of rotatable bonds is 10. The first-order valence-electron chi connectivity index (χ1n) is 13.0. The first-order valence-corrected chi connectivity index (χ1v) is 13.0. The largest absolute Gasteiger partial charge is 0.457 e. The zero-order valence-electron chi connectivity index (χ0n) is 22.7. The molecule has 2 amide bonds. The van der Waals surface area contributed by atoms with Crippen molar-refractivity contribution < 1.29 is 28.9 Å². The van der Waals surface area contributed by atoms with E-state index in [0.29, 0.717) is 45.5 Å². The van der Waals surface area contributed by atoms with Gasteiger partial charge in [0.15, 0.2) is 0 Å². The number of nitro benzene ring substituents is 2. The maximum Gasteiger partial charge on any atom is 0.269 e. The molecular weight excluding hydrogens is 568 g/mol. The van der Waals surface area contributed by atoms with Gasteiger partial charge in [-0.3, -0.25) is 29.8 Å². The van der Waals surface area contributed by atoms with Crippen LogP contribution in [-0.2, 0) is 0 Å².